The summed E-state index contributed by atoms with van der Waals surface area (Å²) < 4.78 is 10.5. The van der Waals surface area contributed by atoms with Crippen molar-refractivity contribution < 1.29 is 9.15 Å². The molecular weight excluding hydrogens is 194 g/mol. The maximum Gasteiger partial charge on any atom is 0.235 e. The number of halogens is 1. The number of hydrogen-bond acceptors (Lipinski definition) is 5. The molecule has 13 heavy (non-hydrogen) atoms. The van der Waals surface area contributed by atoms with Gasteiger partial charge in [0.05, 0.1) is 13.2 Å². The molecule has 1 N–H and O–H groups in total. The predicted molar refractivity (Wildman–Crippen MR) is 47.8 cm³/mol. The number of morpholine rings is 1. The van der Waals surface area contributed by atoms with Crippen LogP contribution < -0.4 is 5.32 Å². The van der Waals surface area contributed by atoms with Crippen molar-refractivity contribution in [2.45, 2.75) is 13.0 Å². The second-order valence-corrected chi connectivity index (χ2v) is 2.74. The van der Waals surface area contributed by atoms with Gasteiger partial charge in [0.15, 0.2) is 0 Å². The average Bonchev–Trinajstić information content (AvgIpc) is 2.54. The van der Waals surface area contributed by atoms with E-state index in [9.17, 15) is 0 Å². The maximum absolute atomic E-state index is 5.26. The summed E-state index contributed by atoms with van der Waals surface area (Å²) in [5, 5.41) is 10.9. The van der Waals surface area contributed by atoms with Crippen LogP contribution in [0.3, 0.4) is 0 Å². The van der Waals surface area contributed by atoms with Gasteiger partial charge in [0.1, 0.15) is 6.04 Å². The Balaban J connectivity index is 0.000000845. The van der Waals surface area contributed by atoms with Crippen molar-refractivity contribution in [3.05, 3.63) is 11.8 Å². The molecule has 0 bridgehead atoms. The molecule has 0 aliphatic carbocycles. The quantitative estimate of drug-likeness (QED) is 0.722. The molecule has 2 rings (SSSR count). The van der Waals surface area contributed by atoms with Crippen LogP contribution in [-0.4, -0.2) is 30.0 Å². The molecule has 2 heterocycles. The molecular formula is C7H12ClN3O2. The lowest BCUT2D eigenvalue weighted by molar-refractivity contribution is 0.0678. The zero-order chi connectivity index (χ0) is 8.39. The third-order valence-corrected chi connectivity index (χ3v) is 1.76. The summed E-state index contributed by atoms with van der Waals surface area (Å²) in [4.78, 5) is 0. The number of hydrogen-bond donors (Lipinski definition) is 1. The molecule has 0 aromatic carbocycles. The van der Waals surface area contributed by atoms with Crippen LogP contribution in [0.2, 0.25) is 0 Å². The molecule has 6 heteroatoms. The smallest absolute Gasteiger partial charge is 0.235 e. The van der Waals surface area contributed by atoms with Crippen molar-refractivity contribution in [1.82, 2.24) is 15.5 Å². The number of nitrogens with one attached hydrogen (secondary N) is 1. The molecule has 0 spiro atoms. The first-order valence-corrected chi connectivity index (χ1v) is 3.97. The summed E-state index contributed by atoms with van der Waals surface area (Å²) in [5.74, 6) is 1.21. The van der Waals surface area contributed by atoms with Crippen molar-refractivity contribution in [3.8, 4) is 0 Å². The second kappa shape index (κ2) is 4.55. The second-order valence-electron chi connectivity index (χ2n) is 2.74. The SMILES string of the molecule is Cc1nnc([C@@H]2COCCN2)o1.Cl. The van der Waals surface area contributed by atoms with Crippen molar-refractivity contribution in [3.63, 3.8) is 0 Å². The molecule has 0 amide bonds. The molecule has 1 aliphatic rings. The summed E-state index contributed by atoms with van der Waals surface area (Å²) in [6.45, 7) is 3.98. The van der Waals surface area contributed by atoms with Gasteiger partial charge in [-0.15, -0.1) is 22.6 Å². The Hall–Kier alpha value is -0.650. The van der Waals surface area contributed by atoms with Gasteiger partial charge in [0.2, 0.25) is 11.8 Å². The molecule has 0 saturated carbocycles. The Kier molecular flexibility index (Phi) is 3.65. The fourth-order valence-corrected chi connectivity index (χ4v) is 1.18. The van der Waals surface area contributed by atoms with Crippen LogP contribution in [0, 0.1) is 6.92 Å². The molecule has 0 radical (unpaired) electrons. The Morgan fingerprint density at radius 3 is 2.85 bits per heavy atom. The number of rotatable bonds is 1. The van der Waals surface area contributed by atoms with E-state index in [2.05, 4.69) is 15.5 Å². The van der Waals surface area contributed by atoms with Crippen LogP contribution in [0.5, 0.6) is 0 Å². The Bertz CT molecular complexity index is 260. The Morgan fingerprint density at radius 2 is 2.31 bits per heavy atom. The molecule has 1 aromatic heterocycles. The minimum absolute atomic E-state index is 0. The van der Waals surface area contributed by atoms with Gasteiger partial charge in [0, 0.05) is 13.5 Å². The summed E-state index contributed by atoms with van der Waals surface area (Å²) in [6, 6.07) is 0.0694. The minimum Gasteiger partial charge on any atom is -0.424 e. The largest absolute Gasteiger partial charge is 0.424 e. The van der Waals surface area contributed by atoms with Crippen molar-refractivity contribution in [1.29, 1.82) is 0 Å². The van der Waals surface area contributed by atoms with Crippen LogP contribution in [-0.2, 0) is 4.74 Å². The third-order valence-electron chi connectivity index (χ3n) is 1.76. The summed E-state index contributed by atoms with van der Waals surface area (Å²) in [7, 11) is 0. The number of aryl methyl sites for hydroxylation is 1. The minimum atomic E-state index is 0. The lowest BCUT2D eigenvalue weighted by Crippen LogP contribution is -2.34. The van der Waals surface area contributed by atoms with Crippen LogP contribution >= 0.6 is 12.4 Å². The molecule has 1 saturated heterocycles. The standard InChI is InChI=1S/C7H11N3O2.ClH/c1-5-9-10-7(12-5)6-4-11-3-2-8-6;/h6,8H,2-4H2,1H3;1H/t6-;/m0./s1. The lowest BCUT2D eigenvalue weighted by Gasteiger charge is -2.20. The van der Waals surface area contributed by atoms with Gasteiger partial charge in [-0.05, 0) is 0 Å². The Labute approximate surface area is 82.3 Å². The summed E-state index contributed by atoms with van der Waals surface area (Å²) >= 11 is 0. The summed E-state index contributed by atoms with van der Waals surface area (Å²) in [6.07, 6.45) is 0. The fraction of sp³-hybridized carbons (Fsp3) is 0.714. The molecule has 1 aliphatic heterocycles. The highest BCUT2D eigenvalue weighted by atomic mass is 35.5. The van der Waals surface area contributed by atoms with Crippen molar-refractivity contribution >= 4 is 12.4 Å². The van der Waals surface area contributed by atoms with Crippen LogP contribution in [0.15, 0.2) is 4.42 Å². The van der Waals surface area contributed by atoms with Gasteiger partial charge in [-0.1, -0.05) is 0 Å². The monoisotopic (exact) mass is 205 g/mol. The summed E-state index contributed by atoms with van der Waals surface area (Å²) in [5.41, 5.74) is 0. The van der Waals surface area contributed by atoms with E-state index < -0.39 is 0 Å². The van der Waals surface area contributed by atoms with Crippen LogP contribution in [0.25, 0.3) is 0 Å². The molecule has 5 nitrogen and oxygen atoms in total. The normalized spacial score (nSPS) is 22.4. The van der Waals surface area contributed by atoms with Gasteiger partial charge in [-0.3, -0.25) is 0 Å². The molecule has 1 aromatic rings. The van der Waals surface area contributed by atoms with E-state index in [1.807, 2.05) is 0 Å². The fourth-order valence-electron chi connectivity index (χ4n) is 1.18. The highest BCUT2D eigenvalue weighted by Gasteiger charge is 2.20. The topological polar surface area (TPSA) is 60.2 Å². The Morgan fingerprint density at radius 1 is 1.46 bits per heavy atom. The lowest BCUT2D eigenvalue weighted by atomic mass is 10.3. The van der Waals surface area contributed by atoms with Crippen molar-refractivity contribution in [2.75, 3.05) is 19.8 Å². The van der Waals surface area contributed by atoms with Crippen LogP contribution in [0.1, 0.15) is 17.8 Å². The van der Waals surface area contributed by atoms with Gasteiger partial charge in [-0.2, -0.15) is 0 Å². The van der Waals surface area contributed by atoms with Gasteiger partial charge < -0.3 is 14.5 Å². The van der Waals surface area contributed by atoms with Gasteiger partial charge >= 0.3 is 0 Å². The molecule has 1 fully saturated rings. The number of nitrogens with zero attached hydrogens (tertiary/aromatic N) is 2. The van der Waals surface area contributed by atoms with E-state index in [4.69, 9.17) is 9.15 Å². The first-order chi connectivity index (χ1) is 5.86. The zero-order valence-corrected chi connectivity index (χ0v) is 8.13. The zero-order valence-electron chi connectivity index (χ0n) is 7.32. The first-order valence-electron chi connectivity index (χ1n) is 3.97. The molecule has 0 unspecified atom stereocenters. The van der Waals surface area contributed by atoms with E-state index in [0.717, 1.165) is 13.2 Å². The highest BCUT2D eigenvalue weighted by Crippen LogP contribution is 2.13. The third kappa shape index (κ3) is 2.40. The highest BCUT2D eigenvalue weighted by molar-refractivity contribution is 5.85. The molecule has 1 atom stereocenters. The van der Waals surface area contributed by atoms with Crippen LogP contribution in [0.4, 0.5) is 0 Å². The van der Waals surface area contributed by atoms with E-state index in [-0.39, 0.29) is 18.4 Å². The maximum atomic E-state index is 5.26. The number of aromatic nitrogens is 2. The van der Waals surface area contributed by atoms with Crippen molar-refractivity contribution in [2.24, 2.45) is 0 Å². The van der Waals surface area contributed by atoms with E-state index in [1.165, 1.54) is 0 Å². The van der Waals surface area contributed by atoms with E-state index in [0.29, 0.717) is 18.4 Å². The predicted octanol–water partition coefficient (Wildman–Crippen LogP) is 0.461. The molecule has 74 valence electrons. The van der Waals surface area contributed by atoms with E-state index in [1.54, 1.807) is 6.92 Å². The van der Waals surface area contributed by atoms with E-state index >= 15 is 0 Å². The van der Waals surface area contributed by atoms with Gasteiger partial charge in [0.25, 0.3) is 0 Å². The number of ether oxygens (including phenoxy) is 1. The van der Waals surface area contributed by atoms with Gasteiger partial charge in [-0.25, -0.2) is 0 Å². The first kappa shape index (κ1) is 10.4. The average molecular weight is 206 g/mol.